The predicted molar refractivity (Wildman–Crippen MR) is 129 cm³/mol. The van der Waals surface area contributed by atoms with Gasteiger partial charge < -0.3 is 19.5 Å². The minimum absolute atomic E-state index is 0.0454. The standard InChI is InChI=1S/C25H34N4O5/c1-25(2,3)34-24(33)28-14-12-27(13-15-28)21(30)18-10-8-17(9-11-18)16-29-22(31)19-6-4-5-7-20(19)26-23(29)32/h4-7,17-18H,8-16H2,1-3H3,(H,26,32). The molecule has 1 aliphatic carbocycles. The summed E-state index contributed by atoms with van der Waals surface area (Å²) in [5, 5.41) is 0.511. The van der Waals surface area contributed by atoms with Crippen molar-refractivity contribution < 1.29 is 14.3 Å². The number of aromatic nitrogens is 2. The van der Waals surface area contributed by atoms with Gasteiger partial charge in [0.1, 0.15) is 5.60 Å². The van der Waals surface area contributed by atoms with Crippen molar-refractivity contribution in [1.29, 1.82) is 0 Å². The summed E-state index contributed by atoms with van der Waals surface area (Å²) < 4.78 is 6.72. The summed E-state index contributed by atoms with van der Waals surface area (Å²) in [5.74, 6) is 0.284. The summed E-state index contributed by atoms with van der Waals surface area (Å²) in [5.41, 5.74) is -0.633. The van der Waals surface area contributed by atoms with E-state index in [4.69, 9.17) is 4.74 Å². The fraction of sp³-hybridized carbons (Fsp3) is 0.600. The molecule has 1 saturated heterocycles. The van der Waals surface area contributed by atoms with Crippen LogP contribution in [-0.4, -0.2) is 63.1 Å². The molecule has 184 valence electrons. The Labute approximate surface area is 198 Å². The average molecular weight is 471 g/mol. The molecule has 0 unspecified atom stereocenters. The first kappa shape index (κ1) is 24.0. The van der Waals surface area contributed by atoms with Crippen LogP contribution < -0.4 is 11.2 Å². The van der Waals surface area contributed by atoms with Crippen molar-refractivity contribution >= 4 is 22.9 Å². The van der Waals surface area contributed by atoms with Crippen LogP contribution in [0.3, 0.4) is 0 Å². The number of fused-ring (bicyclic) bond motifs is 1. The lowest BCUT2D eigenvalue weighted by molar-refractivity contribution is -0.138. The van der Waals surface area contributed by atoms with Gasteiger partial charge in [0.25, 0.3) is 5.56 Å². The molecule has 9 nitrogen and oxygen atoms in total. The van der Waals surface area contributed by atoms with E-state index >= 15 is 0 Å². The Morgan fingerprint density at radius 3 is 2.24 bits per heavy atom. The fourth-order valence-corrected chi connectivity index (χ4v) is 4.91. The largest absolute Gasteiger partial charge is 0.444 e. The molecule has 0 radical (unpaired) electrons. The van der Waals surface area contributed by atoms with Gasteiger partial charge in [-0.1, -0.05) is 12.1 Å². The number of carbonyl (C=O) groups is 2. The Bertz CT molecular complexity index is 1160. The van der Waals surface area contributed by atoms with E-state index in [-0.39, 0.29) is 35.1 Å². The van der Waals surface area contributed by atoms with E-state index in [1.807, 2.05) is 25.7 Å². The summed E-state index contributed by atoms with van der Waals surface area (Å²) in [6.45, 7) is 7.87. The predicted octanol–water partition coefficient (Wildman–Crippen LogP) is 2.58. The van der Waals surface area contributed by atoms with Crippen LogP contribution >= 0.6 is 0 Å². The molecule has 2 fully saturated rings. The minimum atomic E-state index is -0.536. The Morgan fingerprint density at radius 2 is 1.59 bits per heavy atom. The Morgan fingerprint density at radius 1 is 0.971 bits per heavy atom. The molecular weight excluding hydrogens is 436 g/mol. The molecular formula is C25H34N4O5. The molecule has 0 bridgehead atoms. The van der Waals surface area contributed by atoms with Gasteiger partial charge in [-0.3, -0.25) is 14.2 Å². The number of aromatic amines is 1. The number of rotatable bonds is 3. The first-order valence-corrected chi connectivity index (χ1v) is 12.1. The van der Waals surface area contributed by atoms with Gasteiger partial charge in [0, 0.05) is 38.6 Å². The second-order valence-electron chi connectivity index (χ2n) is 10.4. The maximum absolute atomic E-state index is 13.1. The number of piperazine rings is 1. The first-order valence-electron chi connectivity index (χ1n) is 12.1. The molecule has 0 atom stereocenters. The van der Waals surface area contributed by atoms with Gasteiger partial charge in [-0.2, -0.15) is 0 Å². The van der Waals surface area contributed by atoms with Crippen LogP contribution in [0.15, 0.2) is 33.9 Å². The van der Waals surface area contributed by atoms with Gasteiger partial charge in [0.05, 0.1) is 10.9 Å². The van der Waals surface area contributed by atoms with Crippen molar-refractivity contribution in [2.45, 2.75) is 58.6 Å². The molecule has 2 aliphatic rings. The highest BCUT2D eigenvalue weighted by molar-refractivity contribution is 5.79. The number of hydrogen-bond donors (Lipinski definition) is 1. The van der Waals surface area contributed by atoms with Crippen LogP contribution in [0.4, 0.5) is 4.79 Å². The van der Waals surface area contributed by atoms with Crippen LogP contribution in [0.5, 0.6) is 0 Å². The zero-order valence-electron chi connectivity index (χ0n) is 20.2. The molecule has 1 aromatic heterocycles. The molecule has 0 spiro atoms. The molecule has 1 N–H and O–H groups in total. The zero-order valence-corrected chi connectivity index (χ0v) is 20.2. The lowest BCUT2D eigenvalue weighted by Crippen LogP contribution is -2.53. The number of nitrogens with zero attached hydrogens (tertiary/aromatic N) is 3. The van der Waals surface area contributed by atoms with E-state index in [0.717, 1.165) is 25.7 Å². The summed E-state index contributed by atoms with van der Waals surface area (Å²) >= 11 is 0. The van der Waals surface area contributed by atoms with E-state index < -0.39 is 5.60 Å². The lowest BCUT2D eigenvalue weighted by Gasteiger charge is -2.38. The molecule has 2 amide bonds. The van der Waals surface area contributed by atoms with Crippen molar-refractivity contribution in [3.8, 4) is 0 Å². The van der Waals surface area contributed by atoms with Crippen molar-refractivity contribution in [2.75, 3.05) is 26.2 Å². The average Bonchev–Trinajstić information content (AvgIpc) is 2.81. The van der Waals surface area contributed by atoms with Gasteiger partial charge >= 0.3 is 11.8 Å². The third-order valence-electron chi connectivity index (χ3n) is 6.77. The Balaban J connectivity index is 1.30. The third-order valence-corrected chi connectivity index (χ3v) is 6.77. The van der Waals surface area contributed by atoms with E-state index in [9.17, 15) is 19.2 Å². The highest BCUT2D eigenvalue weighted by atomic mass is 16.6. The van der Waals surface area contributed by atoms with Crippen LogP contribution in [0.2, 0.25) is 0 Å². The second-order valence-corrected chi connectivity index (χ2v) is 10.4. The van der Waals surface area contributed by atoms with Crippen LogP contribution in [0.25, 0.3) is 10.9 Å². The third kappa shape index (κ3) is 5.34. The SMILES string of the molecule is CC(C)(C)OC(=O)N1CCN(C(=O)C2CCC(Cn3c(=O)[nH]c4ccccc4c3=O)CC2)CC1. The summed E-state index contributed by atoms with van der Waals surface area (Å²) in [6, 6.07) is 7.03. The molecule has 2 heterocycles. The number of benzene rings is 1. The molecule has 1 aliphatic heterocycles. The first-order chi connectivity index (χ1) is 16.1. The van der Waals surface area contributed by atoms with E-state index in [1.54, 1.807) is 29.2 Å². The van der Waals surface area contributed by atoms with Gasteiger partial charge in [-0.15, -0.1) is 0 Å². The van der Waals surface area contributed by atoms with Gasteiger partial charge in [0.2, 0.25) is 5.91 Å². The number of nitrogens with one attached hydrogen (secondary N) is 1. The summed E-state index contributed by atoms with van der Waals surface area (Å²) in [6.07, 6.45) is 2.76. The Kier molecular flexibility index (Phi) is 6.81. The van der Waals surface area contributed by atoms with Crippen LogP contribution in [0.1, 0.15) is 46.5 Å². The van der Waals surface area contributed by atoms with Gasteiger partial charge in [-0.05, 0) is 64.5 Å². The van der Waals surface area contributed by atoms with Crippen LogP contribution in [0, 0.1) is 11.8 Å². The molecule has 1 aromatic carbocycles. The number of amides is 2. The normalized spacial score (nSPS) is 21.5. The van der Waals surface area contributed by atoms with Crippen molar-refractivity contribution in [3.05, 3.63) is 45.1 Å². The molecule has 1 saturated carbocycles. The fourth-order valence-electron chi connectivity index (χ4n) is 4.91. The molecule has 2 aromatic rings. The van der Waals surface area contributed by atoms with Gasteiger partial charge in [0.15, 0.2) is 0 Å². The summed E-state index contributed by atoms with van der Waals surface area (Å²) in [7, 11) is 0. The Hall–Kier alpha value is -3.10. The second kappa shape index (κ2) is 9.64. The van der Waals surface area contributed by atoms with Crippen molar-refractivity contribution in [1.82, 2.24) is 19.4 Å². The lowest BCUT2D eigenvalue weighted by atomic mass is 9.81. The van der Waals surface area contributed by atoms with Crippen LogP contribution in [-0.2, 0) is 16.1 Å². The maximum Gasteiger partial charge on any atom is 0.410 e. The molecule has 34 heavy (non-hydrogen) atoms. The number of para-hydroxylation sites is 1. The molecule has 9 heteroatoms. The smallest absolute Gasteiger partial charge is 0.410 e. The maximum atomic E-state index is 13.1. The van der Waals surface area contributed by atoms with E-state index in [0.29, 0.717) is 43.6 Å². The topological polar surface area (TPSA) is 105 Å². The van der Waals surface area contributed by atoms with Gasteiger partial charge in [-0.25, -0.2) is 9.59 Å². The number of carbonyl (C=O) groups excluding carboxylic acids is 2. The summed E-state index contributed by atoms with van der Waals surface area (Å²) in [4.78, 5) is 56.9. The number of H-pyrrole nitrogens is 1. The zero-order chi connectivity index (χ0) is 24.5. The molecule has 4 rings (SSSR count). The van der Waals surface area contributed by atoms with Crippen molar-refractivity contribution in [3.63, 3.8) is 0 Å². The minimum Gasteiger partial charge on any atom is -0.444 e. The highest BCUT2D eigenvalue weighted by Crippen LogP contribution is 2.31. The highest BCUT2D eigenvalue weighted by Gasteiger charge is 2.33. The number of hydrogen-bond acceptors (Lipinski definition) is 5. The van der Waals surface area contributed by atoms with Crippen molar-refractivity contribution in [2.24, 2.45) is 11.8 Å². The monoisotopic (exact) mass is 470 g/mol. The van der Waals surface area contributed by atoms with E-state index in [1.165, 1.54) is 4.57 Å². The van der Waals surface area contributed by atoms with E-state index in [2.05, 4.69) is 4.98 Å². The quantitative estimate of drug-likeness (QED) is 0.742. The number of ether oxygens (including phenoxy) is 1.